The van der Waals surface area contributed by atoms with Crippen molar-refractivity contribution in [3.05, 3.63) is 53.3 Å². The number of aryl methyl sites for hydroxylation is 1. The number of hydrogen-bond acceptors (Lipinski definition) is 3. The summed E-state index contributed by atoms with van der Waals surface area (Å²) in [5.41, 5.74) is 2.40. The molecule has 0 amide bonds. The standard InChI is InChI=1S/C16H13FN2O/c17-13-9-11(10-18)6-7-14(13)20-15-5-1-3-12-4-2-8-19-16(12)15/h1,3,5-7,9,19H,2,4,8H2. The van der Waals surface area contributed by atoms with Gasteiger partial charge in [0.2, 0.25) is 0 Å². The Labute approximate surface area is 116 Å². The summed E-state index contributed by atoms with van der Waals surface area (Å²) >= 11 is 0. The van der Waals surface area contributed by atoms with E-state index in [2.05, 4.69) is 5.32 Å². The fourth-order valence-electron chi connectivity index (χ4n) is 2.33. The van der Waals surface area contributed by atoms with Crippen molar-refractivity contribution >= 4 is 5.69 Å². The van der Waals surface area contributed by atoms with Crippen LogP contribution in [0.2, 0.25) is 0 Å². The third-order valence-corrected chi connectivity index (χ3v) is 3.32. The second kappa shape index (κ2) is 5.22. The van der Waals surface area contributed by atoms with Gasteiger partial charge in [0, 0.05) is 6.54 Å². The van der Waals surface area contributed by atoms with Crippen LogP contribution >= 0.6 is 0 Å². The van der Waals surface area contributed by atoms with Crippen LogP contribution < -0.4 is 10.1 Å². The van der Waals surface area contributed by atoms with Crippen LogP contribution in [0.3, 0.4) is 0 Å². The topological polar surface area (TPSA) is 45.0 Å². The molecule has 0 aromatic heterocycles. The zero-order valence-corrected chi connectivity index (χ0v) is 10.8. The number of nitriles is 1. The molecule has 4 heteroatoms. The van der Waals surface area contributed by atoms with Crippen molar-refractivity contribution < 1.29 is 9.13 Å². The number of nitrogens with one attached hydrogen (secondary N) is 1. The first kappa shape index (κ1) is 12.5. The van der Waals surface area contributed by atoms with E-state index >= 15 is 0 Å². The van der Waals surface area contributed by atoms with Crippen molar-refractivity contribution in [1.29, 1.82) is 5.26 Å². The molecule has 3 nitrogen and oxygen atoms in total. The van der Waals surface area contributed by atoms with Crippen LogP contribution in [0.15, 0.2) is 36.4 Å². The first-order valence-electron chi connectivity index (χ1n) is 6.51. The van der Waals surface area contributed by atoms with Crippen LogP contribution in [0.5, 0.6) is 11.5 Å². The van der Waals surface area contributed by atoms with E-state index in [-0.39, 0.29) is 11.3 Å². The zero-order chi connectivity index (χ0) is 13.9. The number of nitrogens with zero attached hydrogens (tertiary/aromatic N) is 1. The van der Waals surface area contributed by atoms with E-state index in [0.29, 0.717) is 5.75 Å². The lowest BCUT2D eigenvalue weighted by molar-refractivity contribution is 0.442. The molecule has 0 atom stereocenters. The van der Waals surface area contributed by atoms with Gasteiger partial charge in [0.05, 0.1) is 17.3 Å². The first-order valence-corrected chi connectivity index (χ1v) is 6.51. The summed E-state index contributed by atoms with van der Waals surface area (Å²) in [7, 11) is 0. The van der Waals surface area contributed by atoms with Crippen molar-refractivity contribution in [3.8, 4) is 17.6 Å². The smallest absolute Gasteiger partial charge is 0.167 e. The molecule has 0 bridgehead atoms. The number of fused-ring (bicyclic) bond motifs is 1. The molecule has 0 unspecified atom stereocenters. The predicted octanol–water partition coefficient (Wildman–Crippen LogP) is 3.85. The Kier molecular flexibility index (Phi) is 3.26. The third kappa shape index (κ3) is 2.30. The maximum absolute atomic E-state index is 13.9. The van der Waals surface area contributed by atoms with Crippen LogP contribution in [-0.2, 0) is 6.42 Å². The van der Waals surface area contributed by atoms with E-state index in [9.17, 15) is 4.39 Å². The number of benzene rings is 2. The lowest BCUT2D eigenvalue weighted by Gasteiger charge is -2.21. The van der Waals surface area contributed by atoms with Crippen molar-refractivity contribution in [2.45, 2.75) is 12.8 Å². The molecule has 0 radical (unpaired) electrons. The first-order chi connectivity index (χ1) is 9.78. The van der Waals surface area contributed by atoms with Gasteiger partial charge >= 0.3 is 0 Å². The molecule has 0 aliphatic carbocycles. The van der Waals surface area contributed by atoms with Crippen molar-refractivity contribution in [2.75, 3.05) is 11.9 Å². The Morgan fingerprint density at radius 3 is 2.90 bits per heavy atom. The predicted molar refractivity (Wildman–Crippen MR) is 74.4 cm³/mol. The highest BCUT2D eigenvalue weighted by molar-refractivity contribution is 5.64. The molecule has 2 aromatic rings. The lowest BCUT2D eigenvalue weighted by atomic mass is 10.0. The van der Waals surface area contributed by atoms with Gasteiger partial charge in [-0.2, -0.15) is 5.26 Å². The van der Waals surface area contributed by atoms with Crippen molar-refractivity contribution in [2.24, 2.45) is 0 Å². The largest absolute Gasteiger partial charge is 0.452 e. The van der Waals surface area contributed by atoms with Gasteiger partial charge in [-0.05, 0) is 42.7 Å². The third-order valence-electron chi connectivity index (χ3n) is 3.32. The monoisotopic (exact) mass is 268 g/mol. The number of rotatable bonds is 2. The minimum atomic E-state index is -0.530. The fraction of sp³-hybridized carbons (Fsp3) is 0.188. The summed E-state index contributed by atoms with van der Waals surface area (Å²) < 4.78 is 19.5. The molecule has 0 fully saturated rings. The summed E-state index contributed by atoms with van der Waals surface area (Å²) in [5.74, 6) is 0.216. The minimum Gasteiger partial charge on any atom is -0.452 e. The van der Waals surface area contributed by atoms with Gasteiger partial charge < -0.3 is 10.1 Å². The number of para-hydroxylation sites is 1. The van der Waals surface area contributed by atoms with E-state index < -0.39 is 5.82 Å². The lowest BCUT2D eigenvalue weighted by Crippen LogP contribution is -2.12. The average molecular weight is 268 g/mol. The Bertz CT molecular complexity index is 691. The molecular weight excluding hydrogens is 255 g/mol. The Morgan fingerprint density at radius 2 is 2.10 bits per heavy atom. The van der Waals surface area contributed by atoms with Crippen molar-refractivity contribution in [3.63, 3.8) is 0 Å². The highest BCUT2D eigenvalue weighted by atomic mass is 19.1. The van der Waals surface area contributed by atoms with Crippen LogP contribution in [0, 0.1) is 17.1 Å². The van der Waals surface area contributed by atoms with E-state index in [4.69, 9.17) is 10.00 Å². The summed E-state index contributed by atoms with van der Waals surface area (Å²) in [6, 6.07) is 11.9. The fourth-order valence-corrected chi connectivity index (χ4v) is 2.33. The SMILES string of the molecule is N#Cc1ccc(Oc2cccc3c2NCCC3)c(F)c1. The molecule has 0 saturated heterocycles. The maximum atomic E-state index is 13.9. The molecule has 2 aromatic carbocycles. The van der Waals surface area contributed by atoms with Gasteiger partial charge in [-0.1, -0.05) is 12.1 Å². The second-order valence-corrected chi connectivity index (χ2v) is 4.68. The van der Waals surface area contributed by atoms with E-state index in [1.54, 1.807) is 6.07 Å². The summed E-state index contributed by atoms with van der Waals surface area (Å²) in [6.07, 6.45) is 2.08. The molecule has 3 rings (SSSR count). The van der Waals surface area contributed by atoms with Crippen LogP contribution in [0.25, 0.3) is 0 Å². The zero-order valence-electron chi connectivity index (χ0n) is 10.8. The van der Waals surface area contributed by atoms with E-state index in [1.807, 2.05) is 24.3 Å². The average Bonchev–Trinajstić information content (AvgIpc) is 2.49. The molecule has 1 N–H and O–H groups in total. The molecule has 1 aliphatic rings. The van der Waals surface area contributed by atoms with Gasteiger partial charge in [0.25, 0.3) is 0 Å². The summed E-state index contributed by atoms with van der Waals surface area (Å²) in [4.78, 5) is 0. The number of anilines is 1. The van der Waals surface area contributed by atoms with Gasteiger partial charge in [-0.15, -0.1) is 0 Å². The van der Waals surface area contributed by atoms with Crippen LogP contribution in [0.4, 0.5) is 10.1 Å². The van der Waals surface area contributed by atoms with E-state index in [0.717, 1.165) is 25.1 Å². The maximum Gasteiger partial charge on any atom is 0.167 e. The Balaban J connectivity index is 1.94. The van der Waals surface area contributed by atoms with Crippen molar-refractivity contribution in [1.82, 2.24) is 0 Å². The molecule has 0 spiro atoms. The van der Waals surface area contributed by atoms with Gasteiger partial charge in [0.1, 0.15) is 0 Å². The minimum absolute atomic E-state index is 0.129. The van der Waals surface area contributed by atoms with Gasteiger partial charge in [0.15, 0.2) is 17.3 Å². The Morgan fingerprint density at radius 1 is 1.20 bits per heavy atom. The van der Waals surface area contributed by atoms with Crippen LogP contribution in [0.1, 0.15) is 17.5 Å². The second-order valence-electron chi connectivity index (χ2n) is 4.68. The van der Waals surface area contributed by atoms with Gasteiger partial charge in [-0.25, -0.2) is 4.39 Å². The number of halogens is 1. The molecular formula is C16H13FN2O. The number of hydrogen-bond donors (Lipinski definition) is 1. The normalized spacial score (nSPS) is 13.0. The highest BCUT2D eigenvalue weighted by Crippen LogP contribution is 2.35. The highest BCUT2D eigenvalue weighted by Gasteiger charge is 2.15. The van der Waals surface area contributed by atoms with Gasteiger partial charge in [-0.3, -0.25) is 0 Å². The summed E-state index contributed by atoms with van der Waals surface area (Å²) in [5, 5.41) is 12.0. The molecule has 20 heavy (non-hydrogen) atoms. The molecule has 1 aliphatic heterocycles. The summed E-state index contributed by atoms with van der Waals surface area (Å²) in [6.45, 7) is 0.892. The number of ether oxygens (including phenoxy) is 1. The molecule has 100 valence electrons. The quantitative estimate of drug-likeness (QED) is 0.899. The molecule has 1 heterocycles. The molecule has 0 saturated carbocycles. The van der Waals surface area contributed by atoms with Crippen LogP contribution in [-0.4, -0.2) is 6.54 Å². The Hall–Kier alpha value is -2.54. The van der Waals surface area contributed by atoms with E-state index in [1.165, 1.54) is 17.7 Å².